The van der Waals surface area contributed by atoms with Gasteiger partial charge in [0.25, 0.3) is 5.89 Å². The molecule has 2 aromatic heterocycles. The molecule has 0 unspecified atom stereocenters. The molecular formula is C19H18ClF3N4O3. The highest BCUT2D eigenvalue weighted by atomic mass is 35.5. The second kappa shape index (κ2) is 9.31. The quantitative estimate of drug-likeness (QED) is 0.536. The number of carbonyl (C=O) groups is 1. The minimum Gasteiger partial charge on any atom is -0.459 e. The lowest BCUT2D eigenvalue weighted by Crippen LogP contribution is -2.33. The van der Waals surface area contributed by atoms with Gasteiger partial charge in [-0.25, -0.2) is 0 Å². The molecule has 0 bridgehead atoms. The van der Waals surface area contributed by atoms with E-state index in [1.807, 2.05) is 6.92 Å². The van der Waals surface area contributed by atoms with Crippen molar-refractivity contribution in [3.63, 3.8) is 0 Å². The van der Waals surface area contributed by atoms with Crippen LogP contribution in [0.25, 0.3) is 11.7 Å². The first-order valence-corrected chi connectivity index (χ1v) is 9.39. The largest absolute Gasteiger partial charge is 0.459 e. The number of benzene rings is 1. The zero-order chi connectivity index (χ0) is 21.7. The first kappa shape index (κ1) is 21.8. The fourth-order valence-electron chi connectivity index (χ4n) is 2.73. The van der Waals surface area contributed by atoms with Crippen molar-refractivity contribution in [2.45, 2.75) is 26.1 Å². The standard InChI is InChI=1S/C19H18ClF3N4O3/c1-2-7-27(11-17-25-26-18(30-17)15-4-3-8-29-15)10-16(28)24-14-9-12(19(21,22)23)5-6-13(14)20/h3-6,8-9H,2,7,10-11H2,1H3,(H,24,28). The van der Waals surface area contributed by atoms with Gasteiger partial charge in [0.2, 0.25) is 11.8 Å². The SMILES string of the molecule is CCCN(CC(=O)Nc1cc(C(F)(F)F)ccc1Cl)Cc1nnc(-c2ccco2)o1. The number of hydrogen-bond donors (Lipinski definition) is 1. The smallest absolute Gasteiger partial charge is 0.416 e. The van der Waals surface area contributed by atoms with E-state index in [2.05, 4.69) is 15.5 Å². The third-order valence-electron chi connectivity index (χ3n) is 4.03. The van der Waals surface area contributed by atoms with Crippen LogP contribution in [0.15, 0.2) is 45.4 Å². The molecule has 0 spiro atoms. The lowest BCUT2D eigenvalue weighted by molar-refractivity contribution is -0.137. The van der Waals surface area contributed by atoms with Gasteiger partial charge in [-0.05, 0) is 43.3 Å². The van der Waals surface area contributed by atoms with Crippen LogP contribution in [0.1, 0.15) is 24.8 Å². The van der Waals surface area contributed by atoms with Crippen LogP contribution in [0.3, 0.4) is 0 Å². The molecule has 1 aromatic carbocycles. The number of anilines is 1. The van der Waals surface area contributed by atoms with E-state index in [9.17, 15) is 18.0 Å². The van der Waals surface area contributed by atoms with E-state index in [0.29, 0.717) is 12.3 Å². The van der Waals surface area contributed by atoms with Crippen molar-refractivity contribution >= 4 is 23.2 Å². The minimum absolute atomic E-state index is 0.0124. The molecule has 1 amide bonds. The van der Waals surface area contributed by atoms with Gasteiger partial charge in [-0.1, -0.05) is 18.5 Å². The minimum atomic E-state index is -4.54. The number of furan rings is 1. The molecule has 0 atom stereocenters. The van der Waals surface area contributed by atoms with E-state index in [1.54, 1.807) is 17.0 Å². The summed E-state index contributed by atoms with van der Waals surface area (Å²) in [5.74, 6) is 0.398. The Morgan fingerprint density at radius 2 is 2.07 bits per heavy atom. The van der Waals surface area contributed by atoms with Crippen molar-refractivity contribution in [2.75, 3.05) is 18.4 Å². The van der Waals surface area contributed by atoms with Crippen LogP contribution in [-0.2, 0) is 17.5 Å². The normalized spacial score (nSPS) is 11.8. The Labute approximate surface area is 174 Å². The molecule has 7 nitrogen and oxygen atoms in total. The summed E-state index contributed by atoms with van der Waals surface area (Å²) in [5, 5.41) is 10.3. The van der Waals surface area contributed by atoms with Crippen molar-refractivity contribution in [1.82, 2.24) is 15.1 Å². The average molecular weight is 443 g/mol. The van der Waals surface area contributed by atoms with Gasteiger partial charge in [0, 0.05) is 0 Å². The lowest BCUT2D eigenvalue weighted by Gasteiger charge is -2.19. The molecule has 160 valence electrons. The van der Waals surface area contributed by atoms with E-state index >= 15 is 0 Å². The van der Waals surface area contributed by atoms with Crippen LogP contribution in [0.2, 0.25) is 5.02 Å². The molecular weight excluding hydrogens is 425 g/mol. The maximum absolute atomic E-state index is 12.9. The lowest BCUT2D eigenvalue weighted by atomic mass is 10.2. The van der Waals surface area contributed by atoms with Crippen LogP contribution in [-0.4, -0.2) is 34.1 Å². The van der Waals surface area contributed by atoms with Gasteiger partial charge in [-0.3, -0.25) is 9.69 Å². The number of rotatable bonds is 8. The molecule has 0 aliphatic carbocycles. The number of nitrogens with one attached hydrogen (secondary N) is 1. The predicted molar refractivity (Wildman–Crippen MR) is 103 cm³/mol. The van der Waals surface area contributed by atoms with Gasteiger partial charge in [0.15, 0.2) is 5.76 Å². The number of halogens is 4. The van der Waals surface area contributed by atoms with Gasteiger partial charge in [0.05, 0.1) is 35.6 Å². The van der Waals surface area contributed by atoms with Crippen molar-refractivity contribution < 1.29 is 26.8 Å². The topological polar surface area (TPSA) is 84.4 Å². The van der Waals surface area contributed by atoms with Gasteiger partial charge in [-0.15, -0.1) is 10.2 Å². The highest BCUT2D eigenvalue weighted by Gasteiger charge is 2.31. The summed E-state index contributed by atoms with van der Waals surface area (Å²) in [6.45, 7) is 2.54. The molecule has 0 saturated carbocycles. The third-order valence-corrected chi connectivity index (χ3v) is 4.36. The Morgan fingerprint density at radius 3 is 2.73 bits per heavy atom. The summed E-state index contributed by atoms with van der Waals surface area (Å²) in [6, 6.07) is 6.11. The van der Waals surface area contributed by atoms with E-state index < -0.39 is 17.6 Å². The highest BCUT2D eigenvalue weighted by molar-refractivity contribution is 6.33. The second-order valence-electron chi connectivity index (χ2n) is 6.43. The first-order valence-electron chi connectivity index (χ1n) is 9.01. The van der Waals surface area contributed by atoms with Crippen LogP contribution >= 0.6 is 11.6 Å². The predicted octanol–water partition coefficient (Wildman–Crippen LogP) is 4.85. The molecule has 0 aliphatic rings. The van der Waals surface area contributed by atoms with Crippen molar-refractivity contribution in [3.05, 3.63) is 53.1 Å². The number of nitrogens with zero attached hydrogens (tertiary/aromatic N) is 3. The zero-order valence-corrected chi connectivity index (χ0v) is 16.6. The summed E-state index contributed by atoms with van der Waals surface area (Å²) in [6.07, 6.45) is -2.33. The maximum atomic E-state index is 12.9. The van der Waals surface area contributed by atoms with E-state index in [0.717, 1.165) is 24.6 Å². The summed E-state index contributed by atoms with van der Waals surface area (Å²) in [7, 11) is 0. The van der Waals surface area contributed by atoms with Crippen LogP contribution in [0, 0.1) is 0 Å². The Bertz CT molecular complexity index is 989. The molecule has 3 rings (SSSR count). The van der Waals surface area contributed by atoms with Crippen LogP contribution in [0.5, 0.6) is 0 Å². The molecule has 11 heteroatoms. The number of amides is 1. The molecule has 0 aliphatic heterocycles. The molecule has 30 heavy (non-hydrogen) atoms. The van der Waals surface area contributed by atoms with Gasteiger partial charge < -0.3 is 14.2 Å². The van der Waals surface area contributed by atoms with E-state index in [4.69, 9.17) is 20.4 Å². The third kappa shape index (κ3) is 5.61. The van der Waals surface area contributed by atoms with Gasteiger partial charge >= 0.3 is 6.18 Å². The summed E-state index contributed by atoms with van der Waals surface area (Å²) < 4.78 is 49.4. The Kier molecular flexibility index (Phi) is 6.78. The Morgan fingerprint density at radius 1 is 1.27 bits per heavy atom. The average Bonchev–Trinajstić information content (AvgIpc) is 3.34. The maximum Gasteiger partial charge on any atom is 0.416 e. The Hall–Kier alpha value is -2.85. The summed E-state index contributed by atoms with van der Waals surface area (Å²) in [5.41, 5.74) is -1.00. The molecule has 0 fully saturated rings. The first-order chi connectivity index (χ1) is 14.3. The Balaban J connectivity index is 1.66. The fourth-order valence-corrected chi connectivity index (χ4v) is 2.89. The summed E-state index contributed by atoms with van der Waals surface area (Å²) in [4.78, 5) is 14.2. The summed E-state index contributed by atoms with van der Waals surface area (Å²) >= 11 is 5.93. The van der Waals surface area contributed by atoms with E-state index in [-0.39, 0.29) is 35.6 Å². The molecule has 3 aromatic rings. The molecule has 0 saturated heterocycles. The number of aromatic nitrogens is 2. The molecule has 2 heterocycles. The van der Waals surface area contributed by atoms with Gasteiger partial charge in [-0.2, -0.15) is 13.2 Å². The number of carbonyl (C=O) groups excluding carboxylic acids is 1. The number of hydrogen-bond acceptors (Lipinski definition) is 6. The van der Waals surface area contributed by atoms with Crippen molar-refractivity contribution in [1.29, 1.82) is 0 Å². The van der Waals surface area contributed by atoms with Crippen molar-refractivity contribution in [2.24, 2.45) is 0 Å². The van der Waals surface area contributed by atoms with Crippen LogP contribution < -0.4 is 5.32 Å². The van der Waals surface area contributed by atoms with E-state index in [1.165, 1.54) is 6.26 Å². The zero-order valence-electron chi connectivity index (χ0n) is 15.9. The van der Waals surface area contributed by atoms with Gasteiger partial charge in [0.1, 0.15) is 0 Å². The second-order valence-corrected chi connectivity index (χ2v) is 6.84. The monoisotopic (exact) mass is 442 g/mol. The van der Waals surface area contributed by atoms with Crippen LogP contribution in [0.4, 0.5) is 18.9 Å². The fraction of sp³-hybridized carbons (Fsp3) is 0.316. The molecule has 1 N–H and O–H groups in total. The van der Waals surface area contributed by atoms with Crippen molar-refractivity contribution in [3.8, 4) is 11.7 Å². The molecule has 0 radical (unpaired) electrons. The number of alkyl halides is 3. The highest BCUT2D eigenvalue weighted by Crippen LogP contribution is 2.33.